The number of rotatable bonds is 4. The molecule has 0 aromatic rings. The van der Waals surface area contributed by atoms with Gasteiger partial charge in [0, 0.05) is 6.08 Å². The summed E-state index contributed by atoms with van der Waals surface area (Å²) < 4.78 is 5.66. The molecule has 1 rings (SSSR count). The van der Waals surface area contributed by atoms with Crippen LogP contribution < -0.4 is 0 Å². The van der Waals surface area contributed by atoms with Gasteiger partial charge < -0.3 is 4.74 Å². The summed E-state index contributed by atoms with van der Waals surface area (Å²) in [7, 11) is 0. The lowest BCUT2D eigenvalue weighted by Gasteiger charge is -2.36. The van der Waals surface area contributed by atoms with E-state index < -0.39 is 0 Å². The lowest BCUT2D eigenvalue weighted by Crippen LogP contribution is -2.33. The van der Waals surface area contributed by atoms with Crippen LogP contribution in [0.4, 0.5) is 0 Å². The quantitative estimate of drug-likeness (QED) is 0.405. The van der Waals surface area contributed by atoms with E-state index in [0.717, 1.165) is 18.6 Å². The highest BCUT2D eigenvalue weighted by Gasteiger charge is 2.31. The van der Waals surface area contributed by atoms with Gasteiger partial charge in [-0.3, -0.25) is 4.79 Å². The van der Waals surface area contributed by atoms with Gasteiger partial charge in [-0.1, -0.05) is 27.2 Å². The molecule has 15 heavy (non-hydrogen) atoms. The maximum atomic E-state index is 10.2. The minimum absolute atomic E-state index is 0.296. The highest BCUT2D eigenvalue weighted by Crippen LogP contribution is 2.35. The highest BCUT2D eigenvalue weighted by molar-refractivity contribution is 5.64. The molecule has 1 saturated carbocycles. The average Bonchev–Trinajstić information content (AvgIpc) is 2.18. The molecule has 2 nitrogen and oxygen atoms in total. The van der Waals surface area contributed by atoms with Gasteiger partial charge in [-0.25, -0.2) is 0 Å². The van der Waals surface area contributed by atoms with Gasteiger partial charge in [0.05, 0.1) is 6.26 Å². The van der Waals surface area contributed by atoms with Gasteiger partial charge in [0.15, 0.2) is 0 Å². The third-order valence-electron chi connectivity index (χ3n) is 3.37. The van der Waals surface area contributed by atoms with Crippen LogP contribution in [-0.4, -0.2) is 12.4 Å². The molecule has 2 heteroatoms. The normalized spacial score (nSPS) is 32.1. The third kappa shape index (κ3) is 3.69. The van der Waals surface area contributed by atoms with Crippen LogP contribution in [0.25, 0.3) is 0 Å². The molecule has 0 heterocycles. The summed E-state index contributed by atoms with van der Waals surface area (Å²) in [5, 5.41) is 0. The molecule has 1 aliphatic rings. The summed E-state index contributed by atoms with van der Waals surface area (Å²) in [4.78, 5) is 10.2. The number of ether oxygens (including phenoxy) is 1. The van der Waals surface area contributed by atoms with Crippen molar-refractivity contribution < 1.29 is 9.53 Å². The monoisotopic (exact) mass is 210 g/mol. The molecule has 1 aliphatic carbocycles. The predicted octanol–water partition coefficient (Wildman–Crippen LogP) is 3.18. The van der Waals surface area contributed by atoms with E-state index in [1.165, 1.54) is 18.9 Å². The molecule has 86 valence electrons. The van der Waals surface area contributed by atoms with Gasteiger partial charge in [-0.15, -0.1) is 0 Å². The molecule has 0 N–H and O–H groups in total. The van der Waals surface area contributed by atoms with Crippen LogP contribution in [0.5, 0.6) is 0 Å². The van der Waals surface area contributed by atoms with Crippen molar-refractivity contribution in [2.45, 2.75) is 46.1 Å². The Bertz CT molecular complexity index is 221. The summed E-state index contributed by atoms with van der Waals surface area (Å²) in [5.74, 6) is 2.04. The van der Waals surface area contributed by atoms with Crippen molar-refractivity contribution in [3.8, 4) is 0 Å². The molecule has 0 radical (unpaired) electrons. The van der Waals surface area contributed by atoms with E-state index in [9.17, 15) is 4.79 Å². The van der Waals surface area contributed by atoms with E-state index in [1.807, 2.05) is 0 Å². The highest BCUT2D eigenvalue weighted by atomic mass is 16.5. The summed E-state index contributed by atoms with van der Waals surface area (Å²) in [6.07, 6.45) is 7.70. The first-order valence-electron chi connectivity index (χ1n) is 5.91. The fourth-order valence-electron chi connectivity index (χ4n) is 2.45. The fraction of sp³-hybridized carbons (Fsp3) is 0.769. The second-order valence-corrected chi connectivity index (χ2v) is 4.97. The first-order valence-corrected chi connectivity index (χ1v) is 5.91. The van der Waals surface area contributed by atoms with Crippen molar-refractivity contribution in [2.75, 3.05) is 0 Å². The van der Waals surface area contributed by atoms with Crippen LogP contribution in [0, 0.1) is 17.8 Å². The summed E-state index contributed by atoms with van der Waals surface area (Å²) in [6.45, 7) is 6.78. The van der Waals surface area contributed by atoms with Crippen molar-refractivity contribution in [3.05, 3.63) is 12.3 Å². The molecule has 0 saturated heterocycles. The number of carbonyl (C=O) groups is 1. The Morgan fingerprint density at radius 3 is 2.67 bits per heavy atom. The van der Waals surface area contributed by atoms with Gasteiger partial charge in [-0.2, -0.15) is 0 Å². The van der Waals surface area contributed by atoms with Crippen LogP contribution >= 0.6 is 0 Å². The smallest absolute Gasteiger partial charge is 0.145 e. The van der Waals surface area contributed by atoms with Crippen molar-refractivity contribution in [1.29, 1.82) is 0 Å². The predicted molar refractivity (Wildman–Crippen MR) is 61.4 cm³/mol. The molecule has 0 spiro atoms. The van der Waals surface area contributed by atoms with E-state index in [4.69, 9.17) is 4.74 Å². The van der Waals surface area contributed by atoms with E-state index in [0.29, 0.717) is 17.9 Å². The van der Waals surface area contributed by atoms with Crippen LogP contribution in [0.2, 0.25) is 0 Å². The maximum Gasteiger partial charge on any atom is 0.145 e. The molecule has 0 bridgehead atoms. The Kier molecular flexibility index (Phi) is 4.86. The van der Waals surface area contributed by atoms with Crippen LogP contribution in [0.3, 0.4) is 0 Å². The largest absolute Gasteiger partial charge is 0.498 e. The van der Waals surface area contributed by atoms with E-state index in [2.05, 4.69) is 20.8 Å². The zero-order chi connectivity index (χ0) is 11.3. The molecule has 1 fully saturated rings. The SMILES string of the molecule is CC(C)[C@@H]1CC[C@@H](C)C[C@H]1O/C=C/C=O. The molecule has 0 aromatic carbocycles. The summed E-state index contributed by atoms with van der Waals surface area (Å²) >= 11 is 0. The van der Waals surface area contributed by atoms with Crippen LogP contribution in [-0.2, 0) is 9.53 Å². The van der Waals surface area contributed by atoms with Gasteiger partial charge in [0.25, 0.3) is 0 Å². The van der Waals surface area contributed by atoms with E-state index >= 15 is 0 Å². The fourth-order valence-corrected chi connectivity index (χ4v) is 2.45. The second-order valence-electron chi connectivity index (χ2n) is 4.97. The van der Waals surface area contributed by atoms with Gasteiger partial charge in [0.1, 0.15) is 12.4 Å². The van der Waals surface area contributed by atoms with Crippen molar-refractivity contribution in [1.82, 2.24) is 0 Å². The zero-order valence-electron chi connectivity index (χ0n) is 9.98. The molecule has 0 amide bonds. The first-order chi connectivity index (χ1) is 7.15. The molecule has 3 atom stereocenters. The van der Waals surface area contributed by atoms with E-state index in [1.54, 1.807) is 6.26 Å². The average molecular weight is 210 g/mol. The molecular weight excluding hydrogens is 188 g/mol. The van der Waals surface area contributed by atoms with Gasteiger partial charge in [0.2, 0.25) is 0 Å². The van der Waals surface area contributed by atoms with Crippen LogP contribution in [0.15, 0.2) is 12.3 Å². The lowest BCUT2D eigenvalue weighted by atomic mass is 9.75. The number of hydrogen-bond donors (Lipinski definition) is 0. The third-order valence-corrected chi connectivity index (χ3v) is 3.37. The number of carbonyl (C=O) groups excluding carboxylic acids is 1. The van der Waals surface area contributed by atoms with Crippen molar-refractivity contribution >= 4 is 6.29 Å². The number of hydrogen-bond acceptors (Lipinski definition) is 2. The minimum Gasteiger partial charge on any atom is -0.498 e. The Morgan fingerprint density at radius 1 is 1.33 bits per heavy atom. The lowest BCUT2D eigenvalue weighted by molar-refractivity contribution is -0.104. The zero-order valence-corrected chi connectivity index (χ0v) is 9.98. The minimum atomic E-state index is 0.296. The second kappa shape index (κ2) is 5.94. The first kappa shape index (κ1) is 12.3. The van der Waals surface area contributed by atoms with Crippen molar-refractivity contribution in [2.24, 2.45) is 17.8 Å². The Balaban J connectivity index is 2.53. The summed E-state index contributed by atoms with van der Waals surface area (Å²) in [5.41, 5.74) is 0. The standard InChI is InChI=1S/C13H22O2/c1-10(2)12-6-5-11(3)9-13(12)15-8-4-7-14/h4,7-8,10-13H,5-6,9H2,1-3H3/b8-4+/t11-,12+,13-/m1/s1. The Morgan fingerprint density at radius 2 is 2.07 bits per heavy atom. The topological polar surface area (TPSA) is 26.3 Å². The van der Waals surface area contributed by atoms with Gasteiger partial charge in [-0.05, 0) is 30.6 Å². The summed E-state index contributed by atoms with van der Waals surface area (Å²) in [6, 6.07) is 0. The molecule has 0 aliphatic heterocycles. The van der Waals surface area contributed by atoms with E-state index in [-0.39, 0.29) is 0 Å². The molecule has 0 aromatic heterocycles. The Labute approximate surface area is 92.7 Å². The maximum absolute atomic E-state index is 10.2. The number of allylic oxidation sites excluding steroid dienone is 1. The molecular formula is C13H22O2. The van der Waals surface area contributed by atoms with Gasteiger partial charge >= 0.3 is 0 Å². The number of aldehydes is 1. The van der Waals surface area contributed by atoms with Crippen molar-refractivity contribution in [3.63, 3.8) is 0 Å². The molecule has 0 unspecified atom stereocenters. The Hall–Kier alpha value is -0.790. The van der Waals surface area contributed by atoms with Crippen LogP contribution in [0.1, 0.15) is 40.0 Å².